The van der Waals surface area contributed by atoms with Crippen LogP contribution in [0.3, 0.4) is 0 Å². The molecule has 1 nitrogen and oxygen atoms in total. The molecule has 180 valence electrons. The number of alkyl halides is 2. The van der Waals surface area contributed by atoms with Crippen molar-refractivity contribution in [3.63, 3.8) is 0 Å². The van der Waals surface area contributed by atoms with E-state index in [1.807, 2.05) is 6.92 Å². The Labute approximate surface area is 188 Å². The molecule has 34 heavy (non-hydrogen) atoms. The highest BCUT2D eigenvalue weighted by Gasteiger charge is 2.43. The van der Waals surface area contributed by atoms with Gasteiger partial charge in [0.2, 0.25) is 5.83 Å². The minimum absolute atomic E-state index is 0.0424. The summed E-state index contributed by atoms with van der Waals surface area (Å²) in [6, 6.07) is 7.69. The quantitative estimate of drug-likeness (QED) is 0.239. The molecule has 0 aromatic heterocycles. The van der Waals surface area contributed by atoms with Gasteiger partial charge in [0, 0.05) is 12.1 Å². The van der Waals surface area contributed by atoms with Crippen molar-refractivity contribution >= 4 is 5.83 Å². The zero-order chi connectivity index (χ0) is 25.2. The van der Waals surface area contributed by atoms with Crippen LogP contribution in [0.5, 0.6) is 5.75 Å². The van der Waals surface area contributed by atoms with E-state index in [0.717, 1.165) is 18.4 Å². The molecule has 0 fully saturated rings. The number of benzene rings is 3. The Morgan fingerprint density at radius 3 is 1.79 bits per heavy atom. The van der Waals surface area contributed by atoms with Crippen LogP contribution < -0.4 is 4.74 Å². The molecule has 0 saturated carbocycles. The van der Waals surface area contributed by atoms with Crippen LogP contribution in [0.25, 0.3) is 17.0 Å². The Hall–Kier alpha value is -3.43. The monoisotopic (exact) mass is 490 g/mol. The standard InChI is InChI=1S/C24H15F9O/c1-2-3-12-4-6-13(7-5-12)14-8-16(25)20(17(26)9-14)22(30)23(31)24(32,33)34-15-10-18(27)21(29)19(28)11-15/h4-11H,2-3H2,1H3. The van der Waals surface area contributed by atoms with Crippen molar-refractivity contribution in [2.24, 2.45) is 0 Å². The molecule has 0 radical (unpaired) electrons. The fraction of sp³-hybridized carbons (Fsp3) is 0.167. The summed E-state index contributed by atoms with van der Waals surface area (Å²) in [7, 11) is 0. The maximum atomic E-state index is 14.5. The first kappa shape index (κ1) is 25.2. The van der Waals surface area contributed by atoms with Crippen LogP contribution in [0.4, 0.5) is 39.5 Å². The van der Waals surface area contributed by atoms with Gasteiger partial charge in [0.15, 0.2) is 23.3 Å². The Morgan fingerprint density at radius 1 is 0.765 bits per heavy atom. The van der Waals surface area contributed by atoms with Crippen molar-refractivity contribution in [1.29, 1.82) is 0 Å². The van der Waals surface area contributed by atoms with E-state index < -0.39 is 58.2 Å². The molecule has 3 rings (SSSR count). The molecule has 0 atom stereocenters. The molecule has 0 aliphatic rings. The van der Waals surface area contributed by atoms with Gasteiger partial charge in [0.1, 0.15) is 17.4 Å². The molecule has 0 N–H and O–H groups in total. The minimum Gasteiger partial charge on any atom is -0.427 e. The lowest BCUT2D eigenvalue weighted by molar-refractivity contribution is -0.156. The first-order valence-electron chi connectivity index (χ1n) is 9.80. The average Bonchev–Trinajstić information content (AvgIpc) is 2.76. The molecule has 0 heterocycles. The maximum Gasteiger partial charge on any atom is 0.457 e. The second kappa shape index (κ2) is 9.82. The van der Waals surface area contributed by atoms with Crippen molar-refractivity contribution in [1.82, 2.24) is 0 Å². The summed E-state index contributed by atoms with van der Waals surface area (Å²) in [4.78, 5) is 0. The van der Waals surface area contributed by atoms with Crippen LogP contribution in [0.2, 0.25) is 0 Å². The molecule has 3 aromatic carbocycles. The highest BCUT2D eigenvalue weighted by atomic mass is 19.3. The van der Waals surface area contributed by atoms with Gasteiger partial charge in [-0.1, -0.05) is 37.6 Å². The topological polar surface area (TPSA) is 9.23 Å². The predicted octanol–water partition coefficient (Wildman–Crippen LogP) is 8.28. The van der Waals surface area contributed by atoms with Gasteiger partial charge in [-0.3, -0.25) is 0 Å². The smallest absolute Gasteiger partial charge is 0.427 e. The van der Waals surface area contributed by atoms with Crippen LogP contribution in [0.15, 0.2) is 54.4 Å². The summed E-state index contributed by atoms with van der Waals surface area (Å²) >= 11 is 0. The summed E-state index contributed by atoms with van der Waals surface area (Å²) in [6.07, 6.45) is -3.61. The van der Waals surface area contributed by atoms with Gasteiger partial charge in [-0.05, 0) is 35.2 Å². The van der Waals surface area contributed by atoms with E-state index in [0.29, 0.717) is 17.7 Å². The molecule has 0 aliphatic carbocycles. The predicted molar refractivity (Wildman–Crippen MR) is 107 cm³/mol. The van der Waals surface area contributed by atoms with Gasteiger partial charge < -0.3 is 4.74 Å². The fourth-order valence-corrected chi connectivity index (χ4v) is 3.12. The zero-order valence-corrected chi connectivity index (χ0v) is 17.3. The molecule has 10 heteroatoms. The number of halogens is 9. The van der Waals surface area contributed by atoms with Crippen LogP contribution >= 0.6 is 0 Å². The van der Waals surface area contributed by atoms with Gasteiger partial charge in [-0.15, -0.1) is 0 Å². The third kappa shape index (κ3) is 5.21. The molecule has 0 aliphatic heterocycles. The van der Waals surface area contributed by atoms with Crippen molar-refractivity contribution in [3.05, 3.63) is 94.6 Å². The Morgan fingerprint density at radius 2 is 1.29 bits per heavy atom. The molecule has 0 amide bonds. The van der Waals surface area contributed by atoms with Gasteiger partial charge in [0.05, 0.1) is 5.56 Å². The van der Waals surface area contributed by atoms with Gasteiger partial charge in [0.25, 0.3) is 0 Å². The van der Waals surface area contributed by atoms with Gasteiger partial charge in [-0.2, -0.15) is 13.2 Å². The summed E-state index contributed by atoms with van der Waals surface area (Å²) in [5, 5.41) is 0. The third-order valence-corrected chi connectivity index (χ3v) is 4.74. The van der Waals surface area contributed by atoms with Crippen LogP contribution in [0.1, 0.15) is 24.5 Å². The molecule has 0 unspecified atom stereocenters. The number of aryl methyl sites for hydroxylation is 1. The lowest BCUT2D eigenvalue weighted by Gasteiger charge is -2.17. The Balaban J connectivity index is 1.95. The molecule has 0 saturated heterocycles. The lowest BCUT2D eigenvalue weighted by Crippen LogP contribution is -2.26. The maximum absolute atomic E-state index is 14.5. The van der Waals surface area contributed by atoms with E-state index >= 15 is 0 Å². The minimum atomic E-state index is -5.24. The number of hydrogen-bond acceptors (Lipinski definition) is 1. The van der Waals surface area contributed by atoms with Crippen molar-refractivity contribution in [2.75, 3.05) is 0 Å². The highest BCUT2D eigenvalue weighted by Crippen LogP contribution is 2.38. The van der Waals surface area contributed by atoms with Crippen LogP contribution in [0, 0.1) is 29.1 Å². The molecular formula is C24H15F9O. The van der Waals surface area contributed by atoms with Crippen LogP contribution in [-0.4, -0.2) is 6.11 Å². The first-order chi connectivity index (χ1) is 15.9. The van der Waals surface area contributed by atoms with E-state index in [2.05, 4.69) is 4.74 Å². The van der Waals surface area contributed by atoms with Crippen molar-refractivity contribution < 1.29 is 44.3 Å². The Bertz CT molecular complexity index is 1190. The fourth-order valence-electron chi connectivity index (χ4n) is 3.12. The summed E-state index contributed by atoms with van der Waals surface area (Å²) in [5.41, 5.74) is -0.495. The second-order valence-corrected chi connectivity index (χ2v) is 7.21. The van der Waals surface area contributed by atoms with E-state index in [4.69, 9.17) is 0 Å². The summed E-state index contributed by atoms with van der Waals surface area (Å²) in [6.45, 7) is 1.96. The van der Waals surface area contributed by atoms with Crippen molar-refractivity contribution in [2.45, 2.75) is 25.9 Å². The molecule has 0 bridgehead atoms. The molecule has 0 spiro atoms. The summed E-state index contributed by atoms with van der Waals surface area (Å²) < 4.78 is 129. The largest absolute Gasteiger partial charge is 0.457 e. The number of rotatable bonds is 7. The van der Waals surface area contributed by atoms with Crippen LogP contribution in [-0.2, 0) is 6.42 Å². The SMILES string of the molecule is CCCc1ccc(-c2cc(F)c(C(F)=C(F)C(F)(F)Oc3cc(F)c(F)c(F)c3)c(F)c2)cc1. The van der Waals surface area contributed by atoms with Gasteiger partial charge >= 0.3 is 6.11 Å². The van der Waals surface area contributed by atoms with E-state index in [1.165, 1.54) is 0 Å². The molecular weight excluding hydrogens is 475 g/mol. The van der Waals surface area contributed by atoms with E-state index in [-0.39, 0.29) is 17.7 Å². The third-order valence-electron chi connectivity index (χ3n) is 4.74. The lowest BCUT2D eigenvalue weighted by atomic mass is 10.00. The van der Waals surface area contributed by atoms with Crippen molar-refractivity contribution in [3.8, 4) is 16.9 Å². The second-order valence-electron chi connectivity index (χ2n) is 7.21. The van der Waals surface area contributed by atoms with Gasteiger partial charge in [-0.25, -0.2) is 26.3 Å². The summed E-state index contributed by atoms with van der Waals surface area (Å²) in [5.74, 6) is -16.4. The normalized spacial score (nSPS) is 12.5. The highest BCUT2D eigenvalue weighted by molar-refractivity contribution is 5.70. The Kier molecular flexibility index (Phi) is 7.28. The van der Waals surface area contributed by atoms with E-state index in [1.54, 1.807) is 24.3 Å². The van der Waals surface area contributed by atoms with E-state index in [9.17, 15) is 39.5 Å². The zero-order valence-electron chi connectivity index (χ0n) is 17.3. The molecule has 3 aromatic rings. The first-order valence-corrected chi connectivity index (χ1v) is 9.80. The number of hydrogen-bond donors (Lipinski definition) is 0. The average molecular weight is 490 g/mol. The number of ether oxygens (including phenoxy) is 1.